The molecular weight excluding hydrogens is 416 g/mol. The fourth-order valence-corrected chi connectivity index (χ4v) is 4.86. The number of nitrogens with one attached hydrogen (secondary N) is 1. The molecule has 5 rings (SSSR count). The summed E-state index contributed by atoms with van der Waals surface area (Å²) in [5, 5.41) is 7.80. The van der Waals surface area contributed by atoms with Crippen LogP contribution in [-0.2, 0) is 11.3 Å². The van der Waals surface area contributed by atoms with Crippen molar-refractivity contribution < 1.29 is 14.3 Å². The lowest BCUT2D eigenvalue weighted by molar-refractivity contribution is -0.118. The van der Waals surface area contributed by atoms with E-state index < -0.39 is 0 Å². The molecule has 2 aliphatic rings. The Morgan fingerprint density at radius 1 is 1.09 bits per heavy atom. The highest BCUT2D eigenvalue weighted by atomic mass is 16.7. The Labute approximate surface area is 194 Å². The molecule has 7 nitrogen and oxygen atoms in total. The fourth-order valence-electron chi connectivity index (χ4n) is 4.86. The van der Waals surface area contributed by atoms with Crippen LogP contribution < -0.4 is 14.8 Å². The minimum Gasteiger partial charge on any atom is -0.454 e. The Morgan fingerprint density at radius 2 is 1.85 bits per heavy atom. The van der Waals surface area contributed by atoms with E-state index in [2.05, 4.69) is 21.4 Å². The molecule has 1 amide bonds. The highest BCUT2D eigenvalue weighted by molar-refractivity contribution is 5.93. The quantitative estimate of drug-likeness (QED) is 0.574. The summed E-state index contributed by atoms with van der Waals surface area (Å²) in [6.45, 7) is 5.24. The molecule has 7 heteroatoms. The van der Waals surface area contributed by atoms with Gasteiger partial charge in [-0.25, -0.2) is 4.68 Å². The van der Waals surface area contributed by atoms with Crippen molar-refractivity contribution in [2.45, 2.75) is 52.1 Å². The molecule has 2 heterocycles. The Balaban J connectivity index is 1.31. The van der Waals surface area contributed by atoms with E-state index in [0.717, 1.165) is 52.7 Å². The van der Waals surface area contributed by atoms with Crippen molar-refractivity contribution >= 4 is 11.6 Å². The first kappa shape index (κ1) is 21.5. The minimum absolute atomic E-state index is 0.0125. The summed E-state index contributed by atoms with van der Waals surface area (Å²) in [4.78, 5) is 15.5. The van der Waals surface area contributed by atoms with Crippen LogP contribution in [-0.4, -0.2) is 40.0 Å². The van der Waals surface area contributed by atoms with Crippen molar-refractivity contribution in [2.75, 3.05) is 18.7 Å². The SMILES string of the molecule is Cc1nn(-c2ccccc2)c(C)c1NC(=O)CN(Cc1ccc2c(c1)OCO2)C1CCCC1. The number of benzene rings is 2. The summed E-state index contributed by atoms with van der Waals surface area (Å²) in [5.74, 6) is 1.55. The second-order valence-electron chi connectivity index (χ2n) is 8.87. The molecule has 1 aromatic heterocycles. The van der Waals surface area contributed by atoms with Gasteiger partial charge in [-0.2, -0.15) is 5.10 Å². The average Bonchev–Trinajstić information content (AvgIpc) is 3.57. The first-order valence-corrected chi connectivity index (χ1v) is 11.6. The van der Waals surface area contributed by atoms with E-state index in [1.165, 1.54) is 12.8 Å². The molecule has 0 unspecified atom stereocenters. The molecule has 1 aliphatic heterocycles. The summed E-state index contributed by atoms with van der Waals surface area (Å²) >= 11 is 0. The van der Waals surface area contributed by atoms with E-state index in [0.29, 0.717) is 19.1 Å². The van der Waals surface area contributed by atoms with E-state index in [1.807, 2.05) is 61.0 Å². The molecule has 172 valence electrons. The second-order valence-corrected chi connectivity index (χ2v) is 8.87. The van der Waals surface area contributed by atoms with Gasteiger partial charge in [-0.1, -0.05) is 37.1 Å². The lowest BCUT2D eigenvalue weighted by atomic mass is 10.1. The molecule has 0 bridgehead atoms. The molecule has 1 aliphatic carbocycles. The number of hydrogen-bond donors (Lipinski definition) is 1. The number of carbonyl (C=O) groups excluding carboxylic acids is 1. The first-order chi connectivity index (χ1) is 16.1. The molecule has 1 fully saturated rings. The Hall–Kier alpha value is -3.32. The minimum atomic E-state index is -0.0125. The number of rotatable bonds is 7. The van der Waals surface area contributed by atoms with Gasteiger partial charge in [0, 0.05) is 12.6 Å². The Morgan fingerprint density at radius 3 is 2.64 bits per heavy atom. The Bertz CT molecular complexity index is 1140. The zero-order valence-electron chi connectivity index (χ0n) is 19.2. The maximum atomic E-state index is 13.2. The molecule has 0 radical (unpaired) electrons. The normalized spacial score (nSPS) is 15.4. The average molecular weight is 447 g/mol. The predicted molar refractivity (Wildman–Crippen MR) is 127 cm³/mol. The summed E-state index contributed by atoms with van der Waals surface area (Å²) in [6.07, 6.45) is 4.68. The molecule has 1 N–H and O–H groups in total. The van der Waals surface area contributed by atoms with Crippen molar-refractivity contribution in [1.29, 1.82) is 0 Å². The highest BCUT2D eigenvalue weighted by Gasteiger charge is 2.26. The number of aromatic nitrogens is 2. The number of nitrogens with zero attached hydrogens (tertiary/aromatic N) is 3. The molecule has 33 heavy (non-hydrogen) atoms. The molecule has 0 spiro atoms. The fraction of sp³-hybridized carbons (Fsp3) is 0.385. The number of fused-ring (bicyclic) bond motifs is 1. The van der Waals surface area contributed by atoms with Gasteiger partial charge in [0.05, 0.1) is 29.3 Å². The lowest BCUT2D eigenvalue weighted by Gasteiger charge is -2.28. The zero-order chi connectivity index (χ0) is 22.8. The zero-order valence-corrected chi connectivity index (χ0v) is 19.2. The number of carbonyl (C=O) groups is 1. The number of aryl methyl sites for hydroxylation is 1. The standard InChI is InChI=1S/C26H30N4O3/c1-18-26(19(2)30(28-18)22-10-4-3-5-11-22)27-25(31)16-29(21-8-6-7-9-21)15-20-12-13-23-24(14-20)33-17-32-23/h3-5,10-14,21H,6-9,15-17H2,1-2H3,(H,27,31). The molecule has 2 aromatic carbocycles. The van der Waals surface area contributed by atoms with E-state index >= 15 is 0 Å². The highest BCUT2D eigenvalue weighted by Crippen LogP contribution is 2.34. The van der Waals surface area contributed by atoms with E-state index in [9.17, 15) is 4.79 Å². The van der Waals surface area contributed by atoms with Crippen LogP contribution in [0.3, 0.4) is 0 Å². The summed E-state index contributed by atoms with van der Waals surface area (Å²) in [6, 6.07) is 16.4. The van der Waals surface area contributed by atoms with Gasteiger partial charge in [-0.15, -0.1) is 0 Å². The van der Waals surface area contributed by atoms with Gasteiger partial charge in [0.15, 0.2) is 11.5 Å². The maximum absolute atomic E-state index is 13.2. The van der Waals surface area contributed by atoms with Crippen LogP contribution in [0.1, 0.15) is 42.6 Å². The smallest absolute Gasteiger partial charge is 0.238 e. The van der Waals surface area contributed by atoms with Gasteiger partial charge in [0.2, 0.25) is 12.7 Å². The number of para-hydroxylation sites is 1. The third-order valence-electron chi connectivity index (χ3n) is 6.57. The van der Waals surface area contributed by atoms with Crippen LogP contribution in [0.15, 0.2) is 48.5 Å². The van der Waals surface area contributed by atoms with E-state index in [-0.39, 0.29) is 12.7 Å². The molecule has 0 saturated heterocycles. The van der Waals surface area contributed by atoms with Gasteiger partial charge >= 0.3 is 0 Å². The van der Waals surface area contributed by atoms with Gasteiger partial charge in [-0.3, -0.25) is 9.69 Å². The van der Waals surface area contributed by atoms with Crippen molar-refractivity contribution in [2.24, 2.45) is 0 Å². The Kier molecular flexibility index (Phi) is 6.05. The summed E-state index contributed by atoms with van der Waals surface area (Å²) < 4.78 is 12.9. The van der Waals surface area contributed by atoms with Crippen LogP contribution in [0, 0.1) is 13.8 Å². The van der Waals surface area contributed by atoms with Crippen molar-refractivity contribution in [3.63, 3.8) is 0 Å². The summed E-state index contributed by atoms with van der Waals surface area (Å²) in [7, 11) is 0. The van der Waals surface area contributed by atoms with Crippen molar-refractivity contribution in [1.82, 2.24) is 14.7 Å². The third kappa shape index (κ3) is 4.59. The molecule has 1 saturated carbocycles. The van der Waals surface area contributed by atoms with Crippen LogP contribution in [0.25, 0.3) is 5.69 Å². The largest absolute Gasteiger partial charge is 0.454 e. The predicted octanol–water partition coefficient (Wildman–Crippen LogP) is 4.60. The topological polar surface area (TPSA) is 68.6 Å². The van der Waals surface area contributed by atoms with Gasteiger partial charge < -0.3 is 14.8 Å². The molecule has 3 aromatic rings. The summed E-state index contributed by atoms with van der Waals surface area (Å²) in [5.41, 5.74) is 4.64. The maximum Gasteiger partial charge on any atom is 0.238 e. The van der Waals surface area contributed by atoms with Gasteiger partial charge in [0.25, 0.3) is 0 Å². The lowest BCUT2D eigenvalue weighted by Crippen LogP contribution is -2.39. The van der Waals surface area contributed by atoms with Crippen LogP contribution in [0.5, 0.6) is 11.5 Å². The van der Waals surface area contributed by atoms with E-state index in [1.54, 1.807) is 0 Å². The van der Waals surface area contributed by atoms with Gasteiger partial charge in [-0.05, 0) is 56.5 Å². The number of anilines is 1. The van der Waals surface area contributed by atoms with Crippen molar-refractivity contribution in [3.8, 4) is 17.2 Å². The number of hydrogen-bond acceptors (Lipinski definition) is 5. The number of amides is 1. The van der Waals surface area contributed by atoms with Crippen LogP contribution in [0.2, 0.25) is 0 Å². The second kappa shape index (κ2) is 9.27. The van der Waals surface area contributed by atoms with Gasteiger partial charge in [0.1, 0.15) is 0 Å². The third-order valence-corrected chi connectivity index (χ3v) is 6.57. The number of ether oxygens (including phenoxy) is 2. The monoisotopic (exact) mass is 446 g/mol. The van der Waals surface area contributed by atoms with Crippen LogP contribution >= 0.6 is 0 Å². The molecular formula is C26H30N4O3. The first-order valence-electron chi connectivity index (χ1n) is 11.6. The van der Waals surface area contributed by atoms with Crippen LogP contribution in [0.4, 0.5) is 5.69 Å². The van der Waals surface area contributed by atoms with E-state index in [4.69, 9.17) is 9.47 Å². The molecule has 0 atom stereocenters. The van der Waals surface area contributed by atoms with Crippen molar-refractivity contribution in [3.05, 3.63) is 65.5 Å².